The van der Waals surface area contributed by atoms with Crippen molar-refractivity contribution in [1.29, 1.82) is 0 Å². The van der Waals surface area contributed by atoms with Crippen LogP contribution in [0.1, 0.15) is 35.5 Å². The second-order valence-electron chi connectivity index (χ2n) is 8.26. The average molecular weight is 437 g/mol. The Hall–Kier alpha value is -4.19. The number of benzene rings is 3. The van der Waals surface area contributed by atoms with Crippen LogP contribution in [-0.4, -0.2) is 16.2 Å². The molecule has 0 saturated carbocycles. The zero-order chi connectivity index (χ0) is 22.9. The van der Waals surface area contributed by atoms with Crippen LogP contribution in [0.15, 0.2) is 89.1 Å². The summed E-state index contributed by atoms with van der Waals surface area (Å²) in [5, 5.41) is 7.38. The van der Waals surface area contributed by atoms with Crippen molar-refractivity contribution in [2.45, 2.75) is 26.8 Å². The molecule has 3 aromatic carbocycles. The molecule has 4 aromatic rings. The van der Waals surface area contributed by atoms with Gasteiger partial charge in [-0.25, -0.2) is 4.79 Å². The molecule has 2 heterocycles. The number of hydrogen-bond donors (Lipinski definition) is 1. The van der Waals surface area contributed by atoms with Gasteiger partial charge in [-0.3, -0.25) is 4.90 Å². The van der Waals surface area contributed by atoms with Crippen LogP contribution >= 0.6 is 0 Å². The number of aromatic nitrogens is 2. The number of carbonyl (C=O) groups excluding carboxylic acids is 1. The molecule has 33 heavy (non-hydrogen) atoms. The highest BCUT2D eigenvalue weighted by Crippen LogP contribution is 2.39. The summed E-state index contributed by atoms with van der Waals surface area (Å²) >= 11 is 0. The van der Waals surface area contributed by atoms with Gasteiger partial charge < -0.3 is 9.84 Å². The molecule has 6 nitrogen and oxygen atoms in total. The number of urea groups is 1. The van der Waals surface area contributed by atoms with Crippen LogP contribution < -0.4 is 10.2 Å². The van der Waals surface area contributed by atoms with Gasteiger partial charge in [0.25, 0.3) is 5.89 Å². The third-order valence-electron chi connectivity index (χ3n) is 5.81. The van der Waals surface area contributed by atoms with Crippen molar-refractivity contribution in [3.05, 3.63) is 107 Å². The first-order chi connectivity index (χ1) is 16.0. The van der Waals surface area contributed by atoms with Crippen LogP contribution in [0.5, 0.6) is 0 Å². The fourth-order valence-corrected chi connectivity index (χ4v) is 4.23. The van der Waals surface area contributed by atoms with Crippen LogP contribution in [0.4, 0.5) is 10.5 Å². The number of aryl methyl sites for hydroxylation is 2. The van der Waals surface area contributed by atoms with E-state index in [1.54, 1.807) is 4.90 Å². The van der Waals surface area contributed by atoms with E-state index in [0.29, 0.717) is 11.7 Å². The van der Waals surface area contributed by atoms with Crippen molar-refractivity contribution in [2.75, 3.05) is 4.90 Å². The predicted octanol–water partition coefficient (Wildman–Crippen LogP) is 6.06. The normalized spacial score (nSPS) is 16.2. The van der Waals surface area contributed by atoms with Gasteiger partial charge in [0.05, 0.1) is 17.3 Å². The summed E-state index contributed by atoms with van der Waals surface area (Å²) in [6.45, 7) is 5.95. The maximum absolute atomic E-state index is 13.3. The summed E-state index contributed by atoms with van der Waals surface area (Å²) in [5.41, 5.74) is 6.32. The van der Waals surface area contributed by atoms with Gasteiger partial charge in [-0.15, -0.1) is 0 Å². The zero-order valence-electron chi connectivity index (χ0n) is 18.7. The Morgan fingerprint density at radius 3 is 2.33 bits per heavy atom. The first-order valence-electron chi connectivity index (χ1n) is 10.9. The van der Waals surface area contributed by atoms with Gasteiger partial charge in [0, 0.05) is 11.3 Å². The number of rotatable bonds is 4. The molecule has 6 heteroatoms. The second kappa shape index (κ2) is 8.39. The van der Waals surface area contributed by atoms with Crippen LogP contribution in [0.25, 0.3) is 17.0 Å². The highest BCUT2D eigenvalue weighted by Gasteiger charge is 2.36. The van der Waals surface area contributed by atoms with E-state index < -0.39 is 6.04 Å². The third-order valence-corrected chi connectivity index (χ3v) is 5.81. The van der Waals surface area contributed by atoms with Crippen LogP contribution in [-0.2, 0) is 0 Å². The molecule has 1 aromatic heterocycles. The quantitative estimate of drug-likeness (QED) is 0.422. The van der Waals surface area contributed by atoms with Crippen molar-refractivity contribution in [2.24, 2.45) is 0 Å². The Morgan fingerprint density at radius 1 is 0.879 bits per heavy atom. The van der Waals surface area contributed by atoms with E-state index in [1.165, 1.54) is 0 Å². The van der Waals surface area contributed by atoms with E-state index in [2.05, 4.69) is 10.5 Å². The average Bonchev–Trinajstić information content (AvgIpc) is 3.29. The molecule has 5 rings (SSSR count). The van der Waals surface area contributed by atoms with Crippen molar-refractivity contribution in [3.8, 4) is 11.4 Å². The van der Waals surface area contributed by atoms with Crippen molar-refractivity contribution >= 4 is 17.3 Å². The monoisotopic (exact) mass is 436 g/mol. The first kappa shape index (κ1) is 20.7. The predicted molar refractivity (Wildman–Crippen MR) is 128 cm³/mol. The minimum Gasteiger partial charge on any atom is -0.334 e. The number of nitrogens with one attached hydrogen (secondary N) is 1. The Labute approximate surface area is 192 Å². The number of hydrogen-bond acceptors (Lipinski definition) is 4. The lowest BCUT2D eigenvalue weighted by Crippen LogP contribution is -2.46. The highest BCUT2D eigenvalue weighted by atomic mass is 16.5. The summed E-state index contributed by atoms with van der Waals surface area (Å²) in [6, 6.07) is 25.0. The van der Waals surface area contributed by atoms with E-state index in [-0.39, 0.29) is 6.03 Å². The first-order valence-corrected chi connectivity index (χ1v) is 10.9. The molecule has 1 N–H and O–H groups in total. The van der Waals surface area contributed by atoms with E-state index in [9.17, 15) is 4.79 Å². The molecule has 1 atom stereocenters. The highest BCUT2D eigenvalue weighted by molar-refractivity contribution is 6.01. The lowest BCUT2D eigenvalue weighted by molar-refractivity contribution is 0.244. The van der Waals surface area contributed by atoms with Gasteiger partial charge in [0.15, 0.2) is 0 Å². The number of nitrogens with zero attached hydrogens (tertiary/aromatic N) is 3. The molecule has 2 amide bonds. The van der Waals surface area contributed by atoms with Crippen LogP contribution in [0.3, 0.4) is 0 Å². The fourth-order valence-electron chi connectivity index (χ4n) is 4.23. The maximum Gasteiger partial charge on any atom is 0.326 e. The number of amides is 2. The molecule has 1 aliphatic rings. The topological polar surface area (TPSA) is 71.3 Å². The smallest absolute Gasteiger partial charge is 0.326 e. The summed E-state index contributed by atoms with van der Waals surface area (Å²) in [6.07, 6.45) is 0. The molecular formula is C27H24N4O2. The Kier molecular flexibility index (Phi) is 5.26. The number of allylic oxidation sites excluding steroid dienone is 1. The molecule has 0 spiro atoms. The molecular weight excluding hydrogens is 412 g/mol. The standard InChI is InChI=1S/C27H24N4O2/c1-17-9-7-13-21(15-17)25-29-26(33-30-25)23-19(3)31(22-14-8-10-18(2)16-22)27(32)28-24(23)20-11-5-4-6-12-20/h4-16,24H,1-3H3,(H,28,32). The van der Waals surface area contributed by atoms with Gasteiger partial charge in [0.1, 0.15) is 0 Å². The minimum absolute atomic E-state index is 0.200. The second-order valence-corrected chi connectivity index (χ2v) is 8.26. The van der Waals surface area contributed by atoms with E-state index in [0.717, 1.165) is 39.2 Å². The molecule has 1 unspecified atom stereocenters. The SMILES string of the molecule is CC1=C(c2nc(-c3cccc(C)c3)no2)C(c2ccccc2)NC(=O)N1c1cccc(C)c1. The van der Waals surface area contributed by atoms with Crippen LogP contribution in [0.2, 0.25) is 0 Å². The molecule has 0 aliphatic carbocycles. The number of carbonyl (C=O) groups is 1. The van der Waals surface area contributed by atoms with E-state index in [1.807, 2.05) is 99.6 Å². The van der Waals surface area contributed by atoms with Gasteiger partial charge in [0.2, 0.25) is 5.82 Å². The minimum atomic E-state index is -0.412. The fraction of sp³-hybridized carbons (Fsp3) is 0.148. The van der Waals surface area contributed by atoms with Gasteiger partial charge in [-0.05, 0) is 50.1 Å². The summed E-state index contributed by atoms with van der Waals surface area (Å²) in [7, 11) is 0. The Bertz CT molecular complexity index is 1360. The summed E-state index contributed by atoms with van der Waals surface area (Å²) < 4.78 is 5.77. The molecule has 0 radical (unpaired) electrons. The maximum atomic E-state index is 13.3. The molecule has 1 aliphatic heterocycles. The van der Waals surface area contributed by atoms with Gasteiger partial charge in [-0.1, -0.05) is 71.4 Å². The largest absolute Gasteiger partial charge is 0.334 e. The third kappa shape index (κ3) is 3.91. The summed E-state index contributed by atoms with van der Waals surface area (Å²) in [5.74, 6) is 0.898. The van der Waals surface area contributed by atoms with Crippen LogP contribution in [0, 0.1) is 13.8 Å². The van der Waals surface area contributed by atoms with E-state index in [4.69, 9.17) is 9.51 Å². The number of anilines is 1. The molecule has 0 bridgehead atoms. The Balaban J connectivity index is 1.66. The lowest BCUT2D eigenvalue weighted by Gasteiger charge is -2.35. The summed E-state index contributed by atoms with van der Waals surface area (Å²) in [4.78, 5) is 19.6. The Morgan fingerprint density at radius 2 is 1.61 bits per heavy atom. The van der Waals surface area contributed by atoms with E-state index >= 15 is 0 Å². The van der Waals surface area contributed by atoms with Crippen molar-refractivity contribution < 1.29 is 9.32 Å². The van der Waals surface area contributed by atoms with Crippen molar-refractivity contribution in [1.82, 2.24) is 15.5 Å². The lowest BCUT2D eigenvalue weighted by atomic mass is 9.94. The zero-order valence-corrected chi connectivity index (χ0v) is 18.7. The molecule has 0 saturated heterocycles. The molecule has 0 fully saturated rings. The molecule has 164 valence electrons. The van der Waals surface area contributed by atoms with Gasteiger partial charge in [-0.2, -0.15) is 4.98 Å². The van der Waals surface area contributed by atoms with Crippen molar-refractivity contribution in [3.63, 3.8) is 0 Å². The van der Waals surface area contributed by atoms with Gasteiger partial charge >= 0.3 is 6.03 Å².